The van der Waals surface area contributed by atoms with Crippen LogP contribution in [-0.2, 0) is 4.79 Å². The van der Waals surface area contributed by atoms with Gasteiger partial charge in [-0.15, -0.1) is 0 Å². The van der Waals surface area contributed by atoms with Gasteiger partial charge in [0.25, 0.3) is 0 Å². The van der Waals surface area contributed by atoms with E-state index < -0.39 is 0 Å². The van der Waals surface area contributed by atoms with Crippen molar-refractivity contribution < 1.29 is 9.32 Å². The van der Waals surface area contributed by atoms with Crippen molar-refractivity contribution in [2.24, 2.45) is 0 Å². The smallest absolute Gasteiger partial charge is 0.240 e. The van der Waals surface area contributed by atoms with Crippen LogP contribution in [-0.4, -0.2) is 45.4 Å². The lowest BCUT2D eigenvalue weighted by Gasteiger charge is -2.38. The molecule has 0 saturated carbocycles. The number of carbonyl (C=O) groups is 1. The molecule has 7 heteroatoms. The maximum absolute atomic E-state index is 11.8. The number of anilines is 1. The first-order valence-corrected chi connectivity index (χ1v) is 6.15. The monoisotopic (exact) mass is 261 g/mol. The molecule has 2 aromatic rings. The maximum atomic E-state index is 11.8. The number of carbonyl (C=O) groups excluding carboxylic acids is 1. The third kappa shape index (κ3) is 2.65. The Bertz CT molecular complexity index is 556. The fourth-order valence-corrected chi connectivity index (χ4v) is 2.14. The van der Waals surface area contributed by atoms with Gasteiger partial charge in [-0.1, -0.05) is 5.16 Å². The predicted molar refractivity (Wildman–Crippen MR) is 67.6 cm³/mol. The molecular formula is C12H15N5O2. The van der Waals surface area contributed by atoms with E-state index in [-0.39, 0.29) is 5.91 Å². The number of likely N-dealkylation sites (tertiary alicyclic amines) is 1. The molecule has 1 N–H and O–H groups in total. The van der Waals surface area contributed by atoms with E-state index in [4.69, 9.17) is 4.52 Å². The first-order valence-electron chi connectivity index (χ1n) is 6.15. The highest BCUT2D eigenvalue weighted by Crippen LogP contribution is 2.19. The lowest BCUT2D eigenvalue weighted by Crippen LogP contribution is -2.50. The Morgan fingerprint density at radius 2 is 2.42 bits per heavy atom. The summed E-state index contributed by atoms with van der Waals surface area (Å²) in [6.45, 7) is 3.84. The average molecular weight is 261 g/mol. The minimum atomic E-state index is -0.0879. The van der Waals surface area contributed by atoms with E-state index in [9.17, 15) is 4.79 Å². The fraction of sp³-hybridized carbons (Fsp3) is 0.417. The third-order valence-corrected chi connectivity index (χ3v) is 3.09. The van der Waals surface area contributed by atoms with Gasteiger partial charge in [0.05, 0.1) is 18.3 Å². The Kier molecular flexibility index (Phi) is 3.04. The first kappa shape index (κ1) is 11.9. The van der Waals surface area contributed by atoms with E-state index in [1.165, 1.54) is 0 Å². The van der Waals surface area contributed by atoms with Gasteiger partial charge < -0.3 is 4.52 Å². The number of amides is 1. The highest BCUT2D eigenvalue weighted by atomic mass is 16.5. The van der Waals surface area contributed by atoms with Gasteiger partial charge in [-0.3, -0.25) is 19.7 Å². The van der Waals surface area contributed by atoms with Gasteiger partial charge in [0, 0.05) is 31.5 Å². The summed E-state index contributed by atoms with van der Waals surface area (Å²) in [6.07, 6.45) is 3.71. The molecule has 1 fully saturated rings. The van der Waals surface area contributed by atoms with Crippen molar-refractivity contribution in [3.05, 3.63) is 30.2 Å². The highest BCUT2D eigenvalue weighted by Gasteiger charge is 2.29. The zero-order valence-electron chi connectivity index (χ0n) is 10.6. The molecule has 0 aliphatic carbocycles. The van der Waals surface area contributed by atoms with Crippen molar-refractivity contribution in [3.8, 4) is 0 Å². The Labute approximate surface area is 110 Å². The first-order chi connectivity index (χ1) is 9.20. The van der Waals surface area contributed by atoms with Gasteiger partial charge in [0.15, 0.2) is 0 Å². The molecular weight excluding hydrogens is 246 g/mol. The van der Waals surface area contributed by atoms with Gasteiger partial charge in [-0.05, 0) is 13.0 Å². The zero-order chi connectivity index (χ0) is 13.2. The fourth-order valence-electron chi connectivity index (χ4n) is 2.14. The Hall–Kier alpha value is -2.15. The van der Waals surface area contributed by atoms with Gasteiger partial charge >= 0.3 is 0 Å². The van der Waals surface area contributed by atoms with Crippen LogP contribution in [0.5, 0.6) is 0 Å². The van der Waals surface area contributed by atoms with E-state index in [1.54, 1.807) is 12.3 Å². The van der Waals surface area contributed by atoms with E-state index in [0.29, 0.717) is 18.5 Å². The number of hydrogen-bond acceptors (Lipinski definition) is 5. The summed E-state index contributed by atoms with van der Waals surface area (Å²) in [5.74, 6) is 0.307. The van der Waals surface area contributed by atoms with Crippen molar-refractivity contribution in [2.45, 2.75) is 13.0 Å². The molecule has 3 rings (SSSR count). The van der Waals surface area contributed by atoms with Gasteiger partial charge in [0.2, 0.25) is 11.8 Å². The van der Waals surface area contributed by atoms with Crippen LogP contribution >= 0.6 is 0 Å². The SMILES string of the molecule is Cc1cc(NC(=O)CN2CC(n3cccn3)C2)on1. The predicted octanol–water partition coefficient (Wildman–Crippen LogP) is 0.675. The molecule has 19 heavy (non-hydrogen) atoms. The standard InChI is InChI=1S/C12H15N5O2/c1-9-5-12(19-15-9)14-11(18)8-16-6-10(7-16)17-4-2-3-13-17/h2-5,10H,6-8H2,1H3,(H,14,18). The number of aromatic nitrogens is 3. The summed E-state index contributed by atoms with van der Waals surface area (Å²) in [6, 6.07) is 3.97. The normalized spacial score (nSPS) is 16.3. The van der Waals surface area contributed by atoms with E-state index in [1.807, 2.05) is 23.9 Å². The average Bonchev–Trinajstić information content (AvgIpc) is 2.95. The molecule has 3 heterocycles. The minimum Gasteiger partial charge on any atom is -0.338 e. The second-order valence-corrected chi connectivity index (χ2v) is 4.71. The van der Waals surface area contributed by atoms with E-state index in [2.05, 4.69) is 20.5 Å². The third-order valence-electron chi connectivity index (χ3n) is 3.09. The number of hydrogen-bond donors (Lipinski definition) is 1. The molecule has 7 nitrogen and oxygen atoms in total. The molecule has 0 atom stereocenters. The van der Waals surface area contributed by atoms with Crippen molar-refractivity contribution in [3.63, 3.8) is 0 Å². The molecule has 1 amide bonds. The second kappa shape index (κ2) is 4.85. The van der Waals surface area contributed by atoms with Gasteiger partial charge in [-0.2, -0.15) is 5.10 Å². The van der Waals surface area contributed by atoms with Crippen molar-refractivity contribution in [1.82, 2.24) is 19.8 Å². The summed E-state index contributed by atoms with van der Waals surface area (Å²) < 4.78 is 6.86. The van der Waals surface area contributed by atoms with Crippen LogP contribution in [0.3, 0.4) is 0 Å². The van der Waals surface area contributed by atoms with E-state index >= 15 is 0 Å². The van der Waals surface area contributed by atoms with Crippen molar-refractivity contribution >= 4 is 11.8 Å². The molecule has 1 saturated heterocycles. The van der Waals surface area contributed by atoms with Crippen LogP contribution in [0.25, 0.3) is 0 Å². The molecule has 0 aromatic carbocycles. The number of aryl methyl sites for hydroxylation is 1. The van der Waals surface area contributed by atoms with Gasteiger partial charge in [-0.25, -0.2) is 0 Å². The largest absolute Gasteiger partial charge is 0.338 e. The topological polar surface area (TPSA) is 76.2 Å². The summed E-state index contributed by atoms with van der Waals surface area (Å²) in [5, 5.41) is 10.6. The Morgan fingerprint density at radius 1 is 1.58 bits per heavy atom. The molecule has 0 spiro atoms. The van der Waals surface area contributed by atoms with Crippen LogP contribution in [0.15, 0.2) is 29.0 Å². The quantitative estimate of drug-likeness (QED) is 0.875. The highest BCUT2D eigenvalue weighted by molar-refractivity contribution is 5.91. The molecule has 1 aliphatic rings. The number of nitrogens with one attached hydrogen (secondary N) is 1. The maximum Gasteiger partial charge on any atom is 0.240 e. The number of nitrogens with zero attached hydrogens (tertiary/aromatic N) is 4. The molecule has 2 aromatic heterocycles. The lowest BCUT2D eigenvalue weighted by atomic mass is 10.1. The molecule has 0 radical (unpaired) electrons. The summed E-state index contributed by atoms with van der Waals surface area (Å²) >= 11 is 0. The van der Waals surface area contributed by atoms with Crippen LogP contribution < -0.4 is 5.32 Å². The van der Waals surface area contributed by atoms with Crippen molar-refractivity contribution in [2.75, 3.05) is 25.0 Å². The van der Waals surface area contributed by atoms with Crippen molar-refractivity contribution in [1.29, 1.82) is 0 Å². The Balaban J connectivity index is 1.45. The minimum absolute atomic E-state index is 0.0879. The second-order valence-electron chi connectivity index (χ2n) is 4.71. The molecule has 1 aliphatic heterocycles. The van der Waals surface area contributed by atoms with Crippen LogP contribution in [0, 0.1) is 6.92 Å². The summed E-state index contributed by atoms with van der Waals surface area (Å²) in [5.41, 5.74) is 0.748. The number of rotatable bonds is 4. The zero-order valence-corrected chi connectivity index (χ0v) is 10.6. The molecule has 100 valence electrons. The molecule has 0 unspecified atom stereocenters. The van der Waals surface area contributed by atoms with Crippen LogP contribution in [0.1, 0.15) is 11.7 Å². The lowest BCUT2D eigenvalue weighted by molar-refractivity contribution is -0.118. The van der Waals surface area contributed by atoms with Crippen LogP contribution in [0.4, 0.5) is 5.88 Å². The molecule has 0 bridgehead atoms. The summed E-state index contributed by atoms with van der Waals surface area (Å²) in [7, 11) is 0. The summed E-state index contributed by atoms with van der Waals surface area (Å²) in [4.78, 5) is 13.8. The van der Waals surface area contributed by atoms with Crippen LogP contribution in [0.2, 0.25) is 0 Å². The Morgan fingerprint density at radius 3 is 3.05 bits per heavy atom. The van der Waals surface area contributed by atoms with Gasteiger partial charge in [0.1, 0.15) is 0 Å². The van der Waals surface area contributed by atoms with E-state index in [0.717, 1.165) is 18.8 Å².